The number of carbonyl (C=O) groups is 2. The molecule has 0 amide bonds. The zero-order chi connectivity index (χ0) is 19.2. The van der Waals surface area contributed by atoms with Crippen molar-refractivity contribution in [3.05, 3.63) is 12.2 Å². The summed E-state index contributed by atoms with van der Waals surface area (Å²) in [7, 11) is 0. The first kappa shape index (κ1) is 22.9. The zero-order valence-electron chi connectivity index (χ0n) is 16.7. The van der Waals surface area contributed by atoms with Gasteiger partial charge >= 0.3 is 5.97 Å². The van der Waals surface area contributed by atoms with Crippen LogP contribution in [0.1, 0.15) is 90.9 Å². The summed E-state index contributed by atoms with van der Waals surface area (Å²) in [6.07, 6.45) is 13.2. The first-order valence-corrected chi connectivity index (χ1v) is 10.6. The van der Waals surface area contributed by atoms with E-state index in [0.29, 0.717) is 31.7 Å². The number of unbranched alkanes of at least 4 members (excludes halogenated alkanes) is 5. The van der Waals surface area contributed by atoms with Gasteiger partial charge in [-0.15, -0.1) is 0 Å². The number of ether oxygens (including phenoxy) is 1. The third-order valence-corrected chi connectivity index (χ3v) is 5.26. The topological polar surface area (TPSA) is 43.4 Å². The lowest BCUT2D eigenvalue weighted by Gasteiger charge is -2.15. The lowest BCUT2D eigenvalue weighted by atomic mass is 9.89. The van der Waals surface area contributed by atoms with E-state index in [4.69, 9.17) is 4.74 Å². The predicted molar refractivity (Wildman–Crippen MR) is 104 cm³/mol. The average Bonchev–Trinajstić information content (AvgIpc) is 2.96. The molecule has 0 heterocycles. The zero-order valence-corrected chi connectivity index (χ0v) is 16.7. The van der Waals surface area contributed by atoms with E-state index in [-0.39, 0.29) is 17.8 Å². The number of halogens is 1. The molecule has 4 heteroatoms. The van der Waals surface area contributed by atoms with Crippen LogP contribution in [0.15, 0.2) is 12.2 Å². The molecule has 1 aliphatic carbocycles. The standard InChI is InChI=1S/C22H37FO3/c1-3-5-8-11-19(23)16-14-18-15-17-21(24)20(18)12-9-6-7-10-13-22(25)26-4-2/h14,16,18-20H,3-13,15,17H2,1-2H3/b16-14+/t18-,19?,20+/m0/s1. The van der Waals surface area contributed by atoms with Crippen molar-refractivity contribution in [2.75, 3.05) is 6.61 Å². The fourth-order valence-electron chi connectivity index (χ4n) is 3.71. The van der Waals surface area contributed by atoms with Crippen LogP contribution in [0.5, 0.6) is 0 Å². The van der Waals surface area contributed by atoms with E-state index in [0.717, 1.165) is 57.8 Å². The third-order valence-electron chi connectivity index (χ3n) is 5.26. The molecule has 1 aliphatic rings. The summed E-state index contributed by atoms with van der Waals surface area (Å²) in [6, 6.07) is 0. The molecule has 26 heavy (non-hydrogen) atoms. The molecule has 0 aliphatic heterocycles. The Morgan fingerprint density at radius 1 is 1.19 bits per heavy atom. The van der Waals surface area contributed by atoms with Gasteiger partial charge in [0.1, 0.15) is 12.0 Å². The molecule has 0 aromatic carbocycles. The van der Waals surface area contributed by atoms with E-state index >= 15 is 0 Å². The number of rotatable bonds is 14. The molecule has 1 saturated carbocycles. The maximum atomic E-state index is 13.9. The fourth-order valence-corrected chi connectivity index (χ4v) is 3.71. The minimum Gasteiger partial charge on any atom is -0.466 e. The van der Waals surface area contributed by atoms with Crippen molar-refractivity contribution in [3.63, 3.8) is 0 Å². The number of carbonyl (C=O) groups excluding carboxylic acids is 2. The molecule has 0 N–H and O–H groups in total. The summed E-state index contributed by atoms with van der Waals surface area (Å²) in [5.41, 5.74) is 0. The molecule has 1 rings (SSSR count). The Morgan fingerprint density at radius 3 is 2.69 bits per heavy atom. The minimum atomic E-state index is -0.874. The second-order valence-electron chi connectivity index (χ2n) is 7.43. The van der Waals surface area contributed by atoms with Crippen molar-refractivity contribution in [1.29, 1.82) is 0 Å². The summed E-state index contributed by atoms with van der Waals surface area (Å²) in [5.74, 6) is 0.501. The Balaban J connectivity index is 2.24. The Morgan fingerprint density at radius 2 is 1.96 bits per heavy atom. The maximum absolute atomic E-state index is 13.9. The number of alkyl halides is 1. The van der Waals surface area contributed by atoms with E-state index in [2.05, 4.69) is 6.92 Å². The summed E-state index contributed by atoms with van der Waals surface area (Å²) >= 11 is 0. The van der Waals surface area contributed by atoms with Gasteiger partial charge in [0.15, 0.2) is 0 Å². The Bertz CT molecular complexity index is 433. The van der Waals surface area contributed by atoms with Crippen LogP contribution in [-0.4, -0.2) is 24.5 Å². The largest absolute Gasteiger partial charge is 0.466 e. The Kier molecular flexibility index (Phi) is 12.3. The highest BCUT2D eigenvalue weighted by Gasteiger charge is 2.32. The van der Waals surface area contributed by atoms with Crippen molar-refractivity contribution < 1.29 is 18.7 Å². The normalized spacial score (nSPS) is 21.4. The molecule has 0 bridgehead atoms. The first-order chi connectivity index (χ1) is 12.6. The Labute approximate surface area is 158 Å². The van der Waals surface area contributed by atoms with Gasteiger partial charge in [-0.25, -0.2) is 4.39 Å². The molecule has 0 saturated heterocycles. The molecule has 3 nitrogen and oxygen atoms in total. The number of allylic oxidation sites excluding steroid dienone is 2. The van der Waals surface area contributed by atoms with Gasteiger partial charge in [-0.2, -0.15) is 0 Å². The lowest BCUT2D eigenvalue weighted by Crippen LogP contribution is -2.13. The summed E-state index contributed by atoms with van der Waals surface area (Å²) in [4.78, 5) is 23.4. The second kappa shape index (κ2) is 13.9. The van der Waals surface area contributed by atoms with Crippen molar-refractivity contribution in [3.8, 4) is 0 Å². The molecule has 0 aromatic rings. The SMILES string of the molecule is CCCCCC(F)/C=C/[C@H]1CCC(=O)[C@@H]1CCCCCCC(=O)OCC. The van der Waals surface area contributed by atoms with E-state index in [1.807, 2.05) is 13.0 Å². The maximum Gasteiger partial charge on any atom is 0.305 e. The van der Waals surface area contributed by atoms with Crippen molar-refractivity contribution in [2.24, 2.45) is 11.8 Å². The Hall–Kier alpha value is -1.19. The molecule has 3 atom stereocenters. The van der Waals surface area contributed by atoms with Gasteiger partial charge in [0.05, 0.1) is 6.61 Å². The average molecular weight is 369 g/mol. The molecule has 1 unspecified atom stereocenters. The van der Waals surface area contributed by atoms with Crippen LogP contribution in [0, 0.1) is 11.8 Å². The van der Waals surface area contributed by atoms with Gasteiger partial charge in [0.25, 0.3) is 0 Å². The third kappa shape index (κ3) is 9.49. The fraction of sp³-hybridized carbons (Fsp3) is 0.818. The van der Waals surface area contributed by atoms with Crippen LogP contribution in [0.3, 0.4) is 0 Å². The van der Waals surface area contributed by atoms with Gasteiger partial charge in [-0.05, 0) is 38.5 Å². The van der Waals surface area contributed by atoms with Crippen LogP contribution in [0.25, 0.3) is 0 Å². The van der Waals surface area contributed by atoms with Crippen molar-refractivity contribution in [2.45, 2.75) is 97.1 Å². The van der Waals surface area contributed by atoms with Gasteiger partial charge in [-0.1, -0.05) is 57.6 Å². The quantitative estimate of drug-likeness (QED) is 0.216. The van der Waals surface area contributed by atoms with Crippen LogP contribution < -0.4 is 0 Å². The smallest absolute Gasteiger partial charge is 0.305 e. The molecule has 1 fully saturated rings. The highest BCUT2D eigenvalue weighted by molar-refractivity contribution is 5.83. The van der Waals surface area contributed by atoms with E-state index in [1.54, 1.807) is 6.08 Å². The first-order valence-electron chi connectivity index (χ1n) is 10.6. The molecular weight excluding hydrogens is 331 g/mol. The number of Topliss-reactive ketones (excluding diaryl/α,β-unsaturated/α-hetero) is 1. The molecular formula is C22H37FO3. The summed E-state index contributed by atoms with van der Waals surface area (Å²) in [6.45, 7) is 4.38. The van der Waals surface area contributed by atoms with Crippen LogP contribution >= 0.6 is 0 Å². The van der Waals surface area contributed by atoms with Crippen LogP contribution in [0.4, 0.5) is 4.39 Å². The van der Waals surface area contributed by atoms with Crippen LogP contribution in [-0.2, 0) is 14.3 Å². The van der Waals surface area contributed by atoms with Gasteiger partial charge in [0.2, 0.25) is 0 Å². The summed E-state index contributed by atoms with van der Waals surface area (Å²) < 4.78 is 18.8. The molecule has 0 radical (unpaired) electrons. The monoisotopic (exact) mass is 368 g/mol. The van der Waals surface area contributed by atoms with Gasteiger partial charge in [-0.3, -0.25) is 9.59 Å². The molecule has 0 spiro atoms. The second-order valence-corrected chi connectivity index (χ2v) is 7.43. The molecule has 0 aromatic heterocycles. The summed E-state index contributed by atoms with van der Waals surface area (Å²) in [5, 5.41) is 0. The molecule has 150 valence electrons. The number of hydrogen-bond donors (Lipinski definition) is 0. The minimum absolute atomic E-state index is 0.0687. The van der Waals surface area contributed by atoms with E-state index < -0.39 is 6.17 Å². The van der Waals surface area contributed by atoms with E-state index in [1.165, 1.54) is 0 Å². The van der Waals surface area contributed by atoms with Crippen molar-refractivity contribution >= 4 is 11.8 Å². The predicted octanol–water partition coefficient (Wildman–Crippen LogP) is 5.96. The number of esters is 1. The lowest BCUT2D eigenvalue weighted by molar-refractivity contribution is -0.143. The highest BCUT2D eigenvalue weighted by atomic mass is 19.1. The number of ketones is 1. The van der Waals surface area contributed by atoms with Crippen molar-refractivity contribution in [1.82, 2.24) is 0 Å². The van der Waals surface area contributed by atoms with Crippen LogP contribution in [0.2, 0.25) is 0 Å². The van der Waals surface area contributed by atoms with E-state index in [9.17, 15) is 14.0 Å². The highest BCUT2D eigenvalue weighted by Crippen LogP contribution is 2.34. The van der Waals surface area contributed by atoms with Gasteiger partial charge < -0.3 is 4.74 Å². The number of hydrogen-bond acceptors (Lipinski definition) is 3. The van der Waals surface area contributed by atoms with Gasteiger partial charge in [0, 0.05) is 18.8 Å².